The van der Waals surface area contributed by atoms with Crippen LogP contribution in [0.4, 0.5) is 5.69 Å². The highest BCUT2D eigenvalue weighted by atomic mass is 35.5. The van der Waals surface area contributed by atoms with E-state index in [1.807, 2.05) is 0 Å². The van der Waals surface area contributed by atoms with Crippen molar-refractivity contribution in [2.75, 3.05) is 7.11 Å². The van der Waals surface area contributed by atoms with Crippen LogP contribution in [0.1, 0.15) is 17.9 Å². The Balaban J connectivity index is 2.48. The number of hydrogen-bond donors (Lipinski definition) is 1. The molecule has 1 amide bonds. The van der Waals surface area contributed by atoms with Crippen molar-refractivity contribution in [3.05, 3.63) is 51.2 Å². The van der Waals surface area contributed by atoms with Crippen molar-refractivity contribution in [2.45, 2.75) is 12.3 Å². The summed E-state index contributed by atoms with van der Waals surface area (Å²) in [6, 6.07) is 4.20. The summed E-state index contributed by atoms with van der Waals surface area (Å²) in [7, 11) is 1.23. The molecule has 1 aliphatic rings. The van der Waals surface area contributed by atoms with E-state index in [1.54, 1.807) is 6.07 Å². The van der Waals surface area contributed by atoms with Gasteiger partial charge in [0.1, 0.15) is 10.9 Å². The van der Waals surface area contributed by atoms with Crippen LogP contribution in [0, 0.1) is 16.0 Å². The van der Waals surface area contributed by atoms with Crippen molar-refractivity contribution in [3.8, 4) is 0 Å². The van der Waals surface area contributed by atoms with Crippen molar-refractivity contribution >= 4 is 29.2 Å². The first-order chi connectivity index (χ1) is 10.3. The number of piperidine rings is 1. The highest BCUT2D eigenvalue weighted by Gasteiger charge is 2.39. The zero-order valence-electron chi connectivity index (χ0n) is 11.7. The molecule has 8 heteroatoms. The molecule has 0 saturated carbocycles. The average molecular weight is 325 g/mol. The van der Waals surface area contributed by atoms with Crippen LogP contribution in [0.3, 0.4) is 0 Å². The maximum Gasteiger partial charge on any atom is 0.315 e. The van der Waals surface area contributed by atoms with E-state index >= 15 is 0 Å². The van der Waals surface area contributed by atoms with Crippen LogP contribution in [0.5, 0.6) is 0 Å². The molecule has 0 radical (unpaired) electrons. The molecule has 7 nitrogen and oxygen atoms in total. The molecule has 0 bridgehead atoms. The second-order valence-electron chi connectivity index (χ2n) is 4.85. The van der Waals surface area contributed by atoms with E-state index in [9.17, 15) is 19.7 Å². The predicted octanol–water partition coefficient (Wildman–Crippen LogP) is 2.15. The molecule has 2 rings (SSSR count). The Morgan fingerprint density at radius 2 is 2.23 bits per heavy atom. The molecule has 1 N–H and O–H groups in total. The Labute approximate surface area is 131 Å². The first-order valence-electron chi connectivity index (χ1n) is 6.35. The molecule has 2 unspecified atom stereocenters. The van der Waals surface area contributed by atoms with Crippen LogP contribution in [0.15, 0.2) is 30.5 Å². The van der Waals surface area contributed by atoms with E-state index < -0.39 is 22.7 Å². The van der Waals surface area contributed by atoms with Crippen LogP contribution in [0.2, 0.25) is 5.02 Å². The molecule has 1 heterocycles. The molecule has 0 aliphatic carbocycles. The number of carbonyl (C=O) groups is 2. The molecule has 2 atom stereocenters. The topological polar surface area (TPSA) is 98.5 Å². The average Bonchev–Trinajstić information content (AvgIpc) is 2.46. The Morgan fingerprint density at radius 1 is 1.55 bits per heavy atom. The minimum absolute atomic E-state index is 0.00241. The van der Waals surface area contributed by atoms with E-state index in [0.29, 0.717) is 5.56 Å². The lowest BCUT2D eigenvalue weighted by atomic mass is 9.79. The minimum atomic E-state index is -0.802. The third-order valence-electron chi connectivity index (χ3n) is 3.53. The number of halogens is 1. The quantitative estimate of drug-likeness (QED) is 0.522. The van der Waals surface area contributed by atoms with Gasteiger partial charge in [-0.1, -0.05) is 24.2 Å². The molecule has 22 heavy (non-hydrogen) atoms. The van der Waals surface area contributed by atoms with Crippen LogP contribution in [0.25, 0.3) is 0 Å². The highest BCUT2D eigenvalue weighted by molar-refractivity contribution is 6.32. The number of nitro benzene ring substituents is 1. The predicted molar refractivity (Wildman–Crippen MR) is 78.3 cm³/mol. The van der Waals surface area contributed by atoms with Crippen molar-refractivity contribution in [2.24, 2.45) is 5.92 Å². The number of ether oxygens (including phenoxy) is 1. The van der Waals surface area contributed by atoms with Gasteiger partial charge in [-0.25, -0.2) is 0 Å². The highest BCUT2D eigenvalue weighted by Crippen LogP contribution is 2.38. The van der Waals surface area contributed by atoms with Crippen LogP contribution >= 0.6 is 11.6 Å². The van der Waals surface area contributed by atoms with Crippen molar-refractivity contribution in [1.29, 1.82) is 0 Å². The summed E-state index contributed by atoms with van der Waals surface area (Å²) in [5.74, 6) is -2.27. The SMILES string of the molecule is C=C1NC(=O)CC(c2ccc(Cl)c([N+](=O)[O-])c2)C1C(=O)OC. The van der Waals surface area contributed by atoms with E-state index in [1.165, 1.54) is 19.2 Å². The van der Waals surface area contributed by atoms with Gasteiger partial charge < -0.3 is 10.1 Å². The third kappa shape index (κ3) is 2.94. The summed E-state index contributed by atoms with van der Waals surface area (Å²) < 4.78 is 4.74. The fraction of sp³-hybridized carbons (Fsp3) is 0.286. The normalized spacial score (nSPS) is 21.2. The summed E-state index contributed by atoms with van der Waals surface area (Å²) >= 11 is 5.78. The molecule has 1 aliphatic heterocycles. The number of nitrogens with one attached hydrogen (secondary N) is 1. The number of hydrogen-bond acceptors (Lipinski definition) is 5. The van der Waals surface area contributed by atoms with Crippen LogP contribution in [-0.4, -0.2) is 23.9 Å². The lowest BCUT2D eigenvalue weighted by molar-refractivity contribution is -0.384. The Bertz CT molecular complexity index is 673. The van der Waals surface area contributed by atoms with Gasteiger partial charge in [-0.15, -0.1) is 0 Å². The van der Waals surface area contributed by atoms with Gasteiger partial charge in [0, 0.05) is 24.1 Å². The second-order valence-corrected chi connectivity index (χ2v) is 5.26. The monoisotopic (exact) mass is 324 g/mol. The lowest BCUT2D eigenvalue weighted by Gasteiger charge is -2.31. The summed E-state index contributed by atoms with van der Waals surface area (Å²) in [6.45, 7) is 3.67. The Morgan fingerprint density at radius 3 is 2.82 bits per heavy atom. The largest absolute Gasteiger partial charge is 0.468 e. The number of carbonyl (C=O) groups excluding carboxylic acids is 2. The van der Waals surface area contributed by atoms with Crippen molar-refractivity contribution in [3.63, 3.8) is 0 Å². The number of rotatable bonds is 3. The molecular weight excluding hydrogens is 312 g/mol. The lowest BCUT2D eigenvalue weighted by Crippen LogP contribution is -2.41. The van der Waals surface area contributed by atoms with Gasteiger partial charge in [0.25, 0.3) is 5.69 Å². The number of benzene rings is 1. The van der Waals surface area contributed by atoms with Crippen LogP contribution < -0.4 is 5.32 Å². The van der Waals surface area contributed by atoms with Gasteiger partial charge in [0.2, 0.25) is 5.91 Å². The second kappa shape index (κ2) is 6.15. The molecule has 0 aromatic heterocycles. The smallest absolute Gasteiger partial charge is 0.315 e. The summed E-state index contributed by atoms with van der Waals surface area (Å²) in [4.78, 5) is 34.0. The molecule has 1 saturated heterocycles. The van der Waals surface area contributed by atoms with Gasteiger partial charge in [0.05, 0.1) is 12.0 Å². The molecule has 0 spiro atoms. The zero-order chi connectivity index (χ0) is 16.4. The van der Waals surface area contributed by atoms with E-state index in [4.69, 9.17) is 16.3 Å². The zero-order valence-corrected chi connectivity index (χ0v) is 12.4. The van der Waals surface area contributed by atoms with Gasteiger partial charge in [0.15, 0.2) is 0 Å². The summed E-state index contributed by atoms with van der Waals surface area (Å²) in [6.07, 6.45) is -0.00241. The van der Waals surface area contributed by atoms with Crippen molar-refractivity contribution in [1.82, 2.24) is 5.32 Å². The first kappa shape index (κ1) is 16.0. The molecule has 1 aromatic carbocycles. The maximum absolute atomic E-state index is 12.0. The van der Waals surface area contributed by atoms with Gasteiger partial charge in [-0.3, -0.25) is 19.7 Å². The van der Waals surface area contributed by atoms with E-state index in [2.05, 4.69) is 11.9 Å². The van der Waals surface area contributed by atoms with E-state index in [-0.39, 0.29) is 28.7 Å². The maximum atomic E-state index is 12.0. The Hall–Kier alpha value is -2.41. The first-order valence-corrected chi connectivity index (χ1v) is 6.73. The summed E-state index contributed by atoms with van der Waals surface area (Å²) in [5, 5.41) is 13.5. The molecule has 1 aromatic rings. The third-order valence-corrected chi connectivity index (χ3v) is 3.85. The summed E-state index contributed by atoms with van der Waals surface area (Å²) in [5.41, 5.74) is 0.396. The van der Waals surface area contributed by atoms with Gasteiger partial charge in [-0.05, 0) is 11.6 Å². The van der Waals surface area contributed by atoms with E-state index in [0.717, 1.165) is 0 Å². The van der Waals surface area contributed by atoms with Gasteiger partial charge >= 0.3 is 5.97 Å². The number of amides is 1. The Kier molecular flexibility index (Phi) is 4.46. The van der Waals surface area contributed by atoms with Crippen LogP contribution in [-0.2, 0) is 14.3 Å². The minimum Gasteiger partial charge on any atom is -0.468 e. The fourth-order valence-corrected chi connectivity index (χ4v) is 2.70. The van der Waals surface area contributed by atoms with Crippen molar-refractivity contribution < 1.29 is 19.2 Å². The van der Waals surface area contributed by atoms with Gasteiger partial charge in [-0.2, -0.15) is 0 Å². The molecule has 1 fully saturated rings. The molecular formula is C14H13ClN2O5. The number of nitrogens with zero attached hydrogens (tertiary/aromatic N) is 1. The number of methoxy groups -OCH3 is 1. The standard InChI is InChI=1S/C14H13ClN2O5/c1-7-13(14(19)22-2)9(6-12(18)16-7)8-3-4-10(15)11(5-8)17(20)21/h3-5,9,13H,1,6H2,2H3,(H,16,18). The number of nitro groups is 1. The molecule has 116 valence electrons. The fourth-order valence-electron chi connectivity index (χ4n) is 2.51. The number of esters is 1.